The maximum Gasteiger partial charge on any atom is 0.223 e. The van der Waals surface area contributed by atoms with Crippen molar-refractivity contribution in [3.63, 3.8) is 0 Å². The van der Waals surface area contributed by atoms with Gasteiger partial charge in [-0.05, 0) is 38.1 Å². The van der Waals surface area contributed by atoms with E-state index in [4.69, 9.17) is 5.73 Å². The van der Waals surface area contributed by atoms with Gasteiger partial charge in [-0.15, -0.1) is 12.4 Å². The van der Waals surface area contributed by atoms with Crippen molar-refractivity contribution in [2.24, 2.45) is 17.6 Å². The third kappa shape index (κ3) is 8.11. The molecule has 0 spiro atoms. The zero-order valence-electron chi connectivity index (χ0n) is 13.0. The molecule has 0 bridgehead atoms. The van der Waals surface area contributed by atoms with Gasteiger partial charge in [-0.3, -0.25) is 4.79 Å². The normalized spacial score (nSPS) is 17.3. The summed E-state index contributed by atoms with van der Waals surface area (Å²) in [5, 5.41) is 3.10. The first-order valence-corrected chi connectivity index (χ1v) is 8.25. The molecule has 1 rings (SSSR count). The number of carbonyl (C=O) groups excluding carboxylic acids is 1. The van der Waals surface area contributed by atoms with Crippen molar-refractivity contribution in [3.05, 3.63) is 0 Å². The number of carbonyl (C=O) groups is 1. The summed E-state index contributed by atoms with van der Waals surface area (Å²) in [6, 6.07) is 0. The van der Waals surface area contributed by atoms with Crippen LogP contribution in [0.5, 0.6) is 0 Å². The van der Waals surface area contributed by atoms with Gasteiger partial charge in [-0.25, -0.2) is 0 Å². The first-order valence-electron chi connectivity index (χ1n) is 8.25. The van der Waals surface area contributed by atoms with Crippen molar-refractivity contribution < 1.29 is 4.79 Å². The highest BCUT2D eigenvalue weighted by atomic mass is 35.5. The monoisotopic (exact) mass is 304 g/mol. The minimum absolute atomic E-state index is 0. The lowest BCUT2D eigenvalue weighted by Crippen LogP contribution is -2.33. The number of nitrogens with one attached hydrogen (secondary N) is 1. The quantitative estimate of drug-likeness (QED) is 0.639. The fraction of sp³-hybridized carbons (Fsp3) is 0.938. The molecule has 0 saturated heterocycles. The van der Waals surface area contributed by atoms with Gasteiger partial charge in [0.25, 0.3) is 0 Å². The van der Waals surface area contributed by atoms with E-state index in [1.165, 1.54) is 32.1 Å². The minimum Gasteiger partial charge on any atom is -0.356 e. The van der Waals surface area contributed by atoms with Gasteiger partial charge >= 0.3 is 0 Å². The zero-order chi connectivity index (χ0) is 13.9. The van der Waals surface area contributed by atoms with Crippen molar-refractivity contribution in [1.29, 1.82) is 0 Å². The first-order chi connectivity index (χ1) is 9.27. The molecule has 1 unspecified atom stereocenters. The maximum absolute atomic E-state index is 12.2. The Kier molecular flexibility index (Phi) is 12.3. The number of hydrogen-bond acceptors (Lipinski definition) is 2. The number of unbranched alkanes of at least 4 members (excludes halogenated alkanes) is 1. The molecule has 3 N–H and O–H groups in total. The molecule has 0 aromatic rings. The SMILES string of the molecule is CCCC(CC1CCCCC1)C(=O)NCCCCN.Cl. The van der Waals surface area contributed by atoms with Gasteiger partial charge in [0, 0.05) is 12.5 Å². The lowest BCUT2D eigenvalue weighted by atomic mass is 9.81. The Bertz CT molecular complexity index is 243. The van der Waals surface area contributed by atoms with E-state index in [9.17, 15) is 4.79 Å². The highest BCUT2D eigenvalue weighted by molar-refractivity contribution is 5.85. The Morgan fingerprint density at radius 3 is 2.55 bits per heavy atom. The van der Waals surface area contributed by atoms with E-state index in [2.05, 4.69) is 12.2 Å². The van der Waals surface area contributed by atoms with E-state index < -0.39 is 0 Å². The Balaban J connectivity index is 0.00000361. The van der Waals surface area contributed by atoms with Crippen molar-refractivity contribution in [2.75, 3.05) is 13.1 Å². The summed E-state index contributed by atoms with van der Waals surface area (Å²) in [5.41, 5.74) is 5.46. The minimum atomic E-state index is 0. The molecule has 1 atom stereocenters. The highest BCUT2D eigenvalue weighted by Crippen LogP contribution is 2.30. The molecule has 1 fully saturated rings. The van der Waals surface area contributed by atoms with Crippen LogP contribution in [0, 0.1) is 11.8 Å². The second-order valence-electron chi connectivity index (χ2n) is 6.01. The molecule has 0 aromatic carbocycles. The van der Waals surface area contributed by atoms with Gasteiger partial charge in [0.1, 0.15) is 0 Å². The van der Waals surface area contributed by atoms with Crippen molar-refractivity contribution in [2.45, 2.75) is 71.1 Å². The second-order valence-corrected chi connectivity index (χ2v) is 6.01. The van der Waals surface area contributed by atoms with Crippen LogP contribution in [0.25, 0.3) is 0 Å². The van der Waals surface area contributed by atoms with Crippen LogP contribution in [0.15, 0.2) is 0 Å². The van der Waals surface area contributed by atoms with Gasteiger partial charge in [0.05, 0.1) is 0 Å². The van der Waals surface area contributed by atoms with E-state index in [0.29, 0.717) is 0 Å². The Morgan fingerprint density at radius 1 is 1.25 bits per heavy atom. The smallest absolute Gasteiger partial charge is 0.223 e. The Morgan fingerprint density at radius 2 is 1.95 bits per heavy atom. The fourth-order valence-electron chi connectivity index (χ4n) is 3.15. The molecule has 20 heavy (non-hydrogen) atoms. The number of amides is 1. The van der Waals surface area contributed by atoms with Crippen LogP contribution < -0.4 is 11.1 Å². The zero-order valence-corrected chi connectivity index (χ0v) is 13.9. The highest BCUT2D eigenvalue weighted by Gasteiger charge is 2.23. The van der Waals surface area contributed by atoms with E-state index in [0.717, 1.165) is 51.1 Å². The van der Waals surface area contributed by atoms with E-state index in [1.807, 2.05) is 0 Å². The van der Waals surface area contributed by atoms with E-state index in [-0.39, 0.29) is 24.2 Å². The average Bonchev–Trinajstić information content (AvgIpc) is 2.44. The van der Waals surface area contributed by atoms with Crippen LogP contribution >= 0.6 is 12.4 Å². The summed E-state index contributed by atoms with van der Waals surface area (Å²) >= 11 is 0. The fourth-order valence-corrected chi connectivity index (χ4v) is 3.15. The van der Waals surface area contributed by atoms with Crippen molar-refractivity contribution in [3.8, 4) is 0 Å². The summed E-state index contributed by atoms with van der Waals surface area (Å²) < 4.78 is 0. The first kappa shape index (κ1) is 19.7. The van der Waals surface area contributed by atoms with Crippen LogP contribution in [-0.2, 0) is 4.79 Å². The maximum atomic E-state index is 12.2. The molecule has 1 aliphatic carbocycles. The standard InChI is InChI=1S/C16H32N2O.ClH/c1-2-8-15(13-14-9-4-3-5-10-14)16(19)18-12-7-6-11-17;/h14-15H,2-13,17H2,1H3,(H,18,19);1H. The Hall–Kier alpha value is -0.280. The van der Waals surface area contributed by atoms with Gasteiger partial charge < -0.3 is 11.1 Å². The average molecular weight is 305 g/mol. The molecule has 0 aliphatic heterocycles. The largest absolute Gasteiger partial charge is 0.356 e. The molecule has 1 saturated carbocycles. The van der Waals surface area contributed by atoms with E-state index in [1.54, 1.807) is 0 Å². The molecular weight excluding hydrogens is 272 g/mol. The van der Waals surface area contributed by atoms with Crippen molar-refractivity contribution in [1.82, 2.24) is 5.32 Å². The number of hydrogen-bond donors (Lipinski definition) is 2. The third-order valence-electron chi connectivity index (χ3n) is 4.28. The third-order valence-corrected chi connectivity index (χ3v) is 4.28. The summed E-state index contributed by atoms with van der Waals surface area (Å²) in [4.78, 5) is 12.2. The lowest BCUT2D eigenvalue weighted by molar-refractivity contribution is -0.125. The molecule has 120 valence electrons. The molecule has 3 nitrogen and oxygen atoms in total. The number of nitrogens with two attached hydrogens (primary N) is 1. The number of halogens is 1. The molecule has 0 heterocycles. The second kappa shape index (κ2) is 12.5. The molecule has 4 heteroatoms. The van der Waals surface area contributed by atoms with E-state index >= 15 is 0 Å². The Labute approximate surface area is 130 Å². The summed E-state index contributed by atoms with van der Waals surface area (Å²) in [5.74, 6) is 1.32. The molecule has 0 aromatic heterocycles. The predicted molar refractivity (Wildman–Crippen MR) is 88.1 cm³/mol. The molecular formula is C16H33ClN2O. The van der Waals surface area contributed by atoms with Gasteiger partial charge in [0.15, 0.2) is 0 Å². The topological polar surface area (TPSA) is 55.1 Å². The van der Waals surface area contributed by atoms with Gasteiger partial charge in [-0.1, -0.05) is 45.4 Å². The lowest BCUT2D eigenvalue weighted by Gasteiger charge is -2.26. The van der Waals surface area contributed by atoms with Gasteiger partial charge in [-0.2, -0.15) is 0 Å². The van der Waals surface area contributed by atoms with Crippen LogP contribution in [0.4, 0.5) is 0 Å². The van der Waals surface area contributed by atoms with Crippen LogP contribution in [0.3, 0.4) is 0 Å². The summed E-state index contributed by atoms with van der Waals surface area (Å²) in [6.07, 6.45) is 12.0. The number of rotatable bonds is 9. The summed E-state index contributed by atoms with van der Waals surface area (Å²) in [6.45, 7) is 3.69. The molecule has 0 radical (unpaired) electrons. The molecule has 1 amide bonds. The summed E-state index contributed by atoms with van der Waals surface area (Å²) in [7, 11) is 0. The molecule has 1 aliphatic rings. The predicted octanol–water partition coefficient (Wildman–Crippen LogP) is 3.65. The van der Waals surface area contributed by atoms with Crippen LogP contribution in [0.2, 0.25) is 0 Å². The van der Waals surface area contributed by atoms with Crippen molar-refractivity contribution >= 4 is 18.3 Å². The van der Waals surface area contributed by atoms with Crippen LogP contribution in [-0.4, -0.2) is 19.0 Å². The van der Waals surface area contributed by atoms with Crippen LogP contribution in [0.1, 0.15) is 71.1 Å². The van der Waals surface area contributed by atoms with Gasteiger partial charge in [0.2, 0.25) is 5.91 Å².